The first-order chi connectivity index (χ1) is 18.7. The molecule has 0 saturated heterocycles. The molecule has 7 nitrogen and oxygen atoms in total. The number of nitrogens with zero attached hydrogens (tertiary/aromatic N) is 1. The molecule has 7 heteroatoms. The maximum absolute atomic E-state index is 12.7. The van der Waals surface area contributed by atoms with E-state index in [9.17, 15) is 14.4 Å². The van der Waals surface area contributed by atoms with Crippen molar-refractivity contribution < 1.29 is 23.9 Å². The molecular weight excluding hydrogens is 492 g/mol. The van der Waals surface area contributed by atoms with E-state index in [1.165, 1.54) is 12.3 Å². The Morgan fingerprint density at radius 1 is 0.692 bits per heavy atom. The van der Waals surface area contributed by atoms with E-state index in [0.29, 0.717) is 22.3 Å². The van der Waals surface area contributed by atoms with Crippen LogP contribution in [-0.2, 0) is 5.41 Å². The third-order valence-corrected chi connectivity index (χ3v) is 5.80. The number of nitrogens with one attached hydrogen (secondary N) is 1. The quantitative estimate of drug-likeness (QED) is 0.136. The van der Waals surface area contributed by atoms with Crippen molar-refractivity contribution in [2.75, 3.05) is 0 Å². The molecule has 4 rings (SSSR count). The van der Waals surface area contributed by atoms with Gasteiger partial charge in [-0.3, -0.25) is 4.79 Å². The van der Waals surface area contributed by atoms with Gasteiger partial charge in [0.25, 0.3) is 5.91 Å². The summed E-state index contributed by atoms with van der Waals surface area (Å²) >= 11 is 0. The third kappa shape index (κ3) is 7.26. The van der Waals surface area contributed by atoms with Gasteiger partial charge >= 0.3 is 11.9 Å². The number of rotatable bonds is 7. The van der Waals surface area contributed by atoms with Crippen LogP contribution < -0.4 is 14.9 Å². The lowest BCUT2D eigenvalue weighted by molar-refractivity contribution is 0.0732. The van der Waals surface area contributed by atoms with E-state index in [0.717, 1.165) is 5.56 Å². The second-order valence-corrected chi connectivity index (χ2v) is 9.74. The largest absolute Gasteiger partial charge is 0.423 e. The van der Waals surface area contributed by atoms with Gasteiger partial charge in [0, 0.05) is 17.2 Å². The number of amides is 1. The lowest BCUT2D eigenvalue weighted by atomic mass is 9.87. The van der Waals surface area contributed by atoms with Crippen LogP contribution in [0.5, 0.6) is 11.5 Å². The number of carbonyl (C=O) groups excluding carboxylic acids is 3. The Bertz CT molecular complexity index is 1490. The fraction of sp³-hybridized carbons (Fsp3) is 0.125. The highest BCUT2D eigenvalue weighted by Crippen LogP contribution is 2.26. The van der Waals surface area contributed by atoms with Crippen molar-refractivity contribution in [3.05, 3.63) is 131 Å². The monoisotopic (exact) mass is 520 g/mol. The molecule has 4 aromatic rings. The summed E-state index contributed by atoms with van der Waals surface area (Å²) < 4.78 is 11.1. The molecule has 196 valence electrons. The number of esters is 2. The van der Waals surface area contributed by atoms with E-state index in [-0.39, 0.29) is 22.8 Å². The summed E-state index contributed by atoms with van der Waals surface area (Å²) in [6.07, 6.45) is 1.36. The van der Waals surface area contributed by atoms with Crippen LogP contribution >= 0.6 is 0 Å². The first-order valence-electron chi connectivity index (χ1n) is 12.3. The van der Waals surface area contributed by atoms with Crippen LogP contribution in [0.4, 0.5) is 0 Å². The van der Waals surface area contributed by atoms with Crippen LogP contribution in [0.15, 0.2) is 108 Å². The summed E-state index contributed by atoms with van der Waals surface area (Å²) in [6.45, 7) is 6.30. The van der Waals surface area contributed by atoms with Crippen LogP contribution in [-0.4, -0.2) is 24.1 Å². The highest BCUT2D eigenvalue weighted by molar-refractivity contribution is 5.96. The van der Waals surface area contributed by atoms with E-state index in [2.05, 4.69) is 31.3 Å². The van der Waals surface area contributed by atoms with Crippen LogP contribution in [0.25, 0.3) is 0 Å². The second kappa shape index (κ2) is 12.0. The van der Waals surface area contributed by atoms with Gasteiger partial charge in [-0.1, -0.05) is 69.3 Å². The van der Waals surface area contributed by atoms with Crippen LogP contribution in [0.1, 0.15) is 63.0 Å². The normalized spacial score (nSPS) is 11.2. The van der Waals surface area contributed by atoms with Gasteiger partial charge in [0.2, 0.25) is 0 Å². The van der Waals surface area contributed by atoms with Gasteiger partial charge in [0.15, 0.2) is 0 Å². The van der Waals surface area contributed by atoms with Crippen molar-refractivity contribution >= 4 is 24.1 Å². The first-order valence-corrected chi connectivity index (χ1v) is 12.3. The lowest BCUT2D eigenvalue weighted by Crippen LogP contribution is -2.18. The molecule has 0 aliphatic rings. The molecule has 4 aromatic carbocycles. The second-order valence-electron chi connectivity index (χ2n) is 9.74. The Morgan fingerprint density at radius 2 is 1.26 bits per heavy atom. The van der Waals surface area contributed by atoms with E-state index in [1.807, 2.05) is 12.1 Å². The first kappa shape index (κ1) is 27.0. The standard InChI is InChI=1S/C32H28N2O5/c1-32(2,3)26-17-14-22(15-18-26)29(35)34-33-21-25-16-19-27(38-30(36)23-10-6-4-7-11-23)20-28(25)39-31(37)24-12-8-5-9-13-24/h4-21H,1-3H3,(H,34,35)/b33-21-. The molecule has 0 aliphatic heterocycles. The molecule has 0 heterocycles. The Morgan fingerprint density at radius 3 is 1.82 bits per heavy atom. The summed E-state index contributed by atoms with van der Waals surface area (Å²) in [6, 6.07) is 28.9. The fourth-order valence-electron chi connectivity index (χ4n) is 3.59. The SMILES string of the molecule is CC(C)(C)c1ccc(C(=O)N/N=C\c2ccc(OC(=O)c3ccccc3)cc2OC(=O)c2ccccc2)cc1. The van der Waals surface area contributed by atoms with Crippen molar-refractivity contribution in [2.45, 2.75) is 26.2 Å². The molecule has 0 atom stereocenters. The maximum atomic E-state index is 12.7. The van der Waals surface area contributed by atoms with Gasteiger partial charge in [0.1, 0.15) is 11.5 Å². The Labute approximate surface area is 227 Å². The van der Waals surface area contributed by atoms with Crippen molar-refractivity contribution in [1.82, 2.24) is 5.43 Å². The molecule has 1 amide bonds. The molecular formula is C32H28N2O5. The van der Waals surface area contributed by atoms with E-state index in [4.69, 9.17) is 9.47 Å². The minimum atomic E-state index is -0.597. The maximum Gasteiger partial charge on any atom is 0.343 e. The minimum Gasteiger partial charge on any atom is -0.423 e. The number of hydrazone groups is 1. The summed E-state index contributed by atoms with van der Waals surface area (Å²) in [5.74, 6) is -1.25. The zero-order valence-electron chi connectivity index (χ0n) is 21.9. The highest BCUT2D eigenvalue weighted by Gasteiger charge is 2.16. The average Bonchev–Trinajstić information content (AvgIpc) is 2.94. The molecule has 0 aliphatic carbocycles. The third-order valence-electron chi connectivity index (χ3n) is 5.80. The Balaban J connectivity index is 1.53. The average molecular weight is 521 g/mol. The van der Waals surface area contributed by atoms with Gasteiger partial charge in [-0.05, 0) is 59.5 Å². The fourth-order valence-corrected chi connectivity index (χ4v) is 3.59. The van der Waals surface area contributed by atoms with Crippen molar-refractivity contribution in [1.29, 1.82) is 0 Å². The number of ether oxygens (including phenoxy) is 2. The lowest BCUT2D eigenvalue weighted by Gasteiger charge is -2.18. The highest BCUT2D eigenvalue weighted by atomic mass is 16.5. The van der Waals surface area contributed by atoms with E-state index < -0.39 is 11.9 Å². The molecule has 0 spiro atoms. The van der Waals surface area contributed by atoms with Crippen molar-refractivity contribution in [3.63, 3.8) is 0 Å². The minimum absolute atomic E-state index is 0.0255. The topological polar surface area (TPSA) is 94.1 Å². The summed E-state index contributed by atoms with van der Waals surface area (Å²) in [5, 5.41) is 4.04. The van der Waals surface area contributed by atoms with Crippen LogP contribution in [0, 0.1) is 0 Å². The molecule has 0 aromatic heterocycles. The Hall–Kier alpha value is -5.04. The summed E-state index contributed by atoms with van der Waals surface area (Å²) in [4.78, 5) is 37.8. The zero-order valence-corrected chi connectivity index (χ0v) is 21.9. The number of benzene rings is 4. The van der Waals surface area contributed by atoms with Gasteiger partial charge < -0.3 is 9.47 Å². The van der Waals surface area contributed by atoms with Crippen molar-refractivity contribution in [3.8, 4) is 11.5 Å². The van der Waals surface area contributed by atoms with Gasteiger partial charge in [0.05, 0.1) is 17.3 Å². The summed E-state index contributed by atoms with van der Waals surface area (Å²) in [7, 11) is 0. The smallest absolute Gasteiger partial charge is 0.343 e. The number of hydrogen-bond donors (Lipinski definition) is 1. The molecule has 0 radical (unpaired) electrons. The van der Waals surface area contributed by atoms with Crippen molar-refractivity contribution in [2.24, 2.45) is 5.10 Å². The van der Waals surface area contributed by atoms with E-state index >= 15 is 0 Å². The number of carbonyl (C=O) groups is 3. The zero-order chi connectivity index (χ0) is 27.8. The molecule has 0 saturated carbocycles. The number of hydrogen-bond acceptors (Lipinski definition) is 6. The van der Waals surface area contributed by atoms with Crippen LogP contribution in [0.2, 0.25) is 0 Å². The van der Waals surface area contributed by atoms with Gasteiger partial charge in [-0.15, -0.1) is 0 Å². The molecule has 1 N–H and O–H groups in total. The predicted octanol–water partition coefficient (Wildman–Crippen LogP) is 6.19. The van der Waals surface area contributed by atoms with Gasteiger partial charge in [-0.25, -0.2) is 15.0 Å². The molecule has 0 unspecified atom stereocenters. The predicted molar refractivity (Wildman–Crippen MR) is 149 cm³/mol. The summed E-state index contributed by atoms with van der Waals surface area (Å²) in [5.41, 5.74) is 5.15. The van der Waals surface area contributed by atoms with Crippen LogP contribution in [0.3, 0.4) is 0 Å². The Kier molecular flexibility index (Phi) is 8.31. The van der Waals surface area contributed by atoms with E-state index in [1.54, 1.807) is 84.9 Å². The van der Waals surface area contributed by atoms with Gasteiger partial charge in [-0.2, -0.15) is 5.10 Å². The molecule has 0 fully saturated rings. The molecule has 0 bridgehead atoms. The molecule has 39 heavy (non-hydrogen) atoms.